The number of hydrogen-bond donors (Lipinski definition) is 0. The van der Waals surface area contributed by atoms with Crippen LogP contribution in [0.4, 0.5) is 13.2 Å². The van der Waals surface area contributed by atoms with Crippen LogP contribution in [0.25, 0.3) is 0 Å². The monoisotopic (exact) mass is 457 g/mol. The molecule has 0 aromatic heterocycles. The van der Waals surface area contributed by atoms with Crippen molar-refractivity contribution in [3.8, 4) is 11.5 Å². The lowest BCUT2D eigenvalue weighted by Gasteiger charge is -2.32. The highest BCUT2D eigenvalue weighted by Crippen LogP contribution is 2.28. The van der Waals surface area contributed by atoms with Crippen LogP contribution in [0.2, 0.25) is 0 Å². The Labute approximate surface area is 178 Å². The third kappa shape index (κ3) is 5.90. The van der Waals surface area contributed by atoms with Gasteiger partial charge < -0.3 is 14.4 Å². The Kier molecular flexibility index (Phi) is 6.78. The van der Waals surface area contributed by atoms with Crippen LogP contribution in [-0.2, 0) is 9.84 Å². The number of ether oxygens (including phenoxy) is 2. The molecule has 1 aliphatic heterocycles. The van der Waals surface area contributed by atoms with Crippen molar-refractivity contribution in [2.24, 2.45) is 0 Å². The molecule has 1 fully saturated rings. The molecule has 2 aromatic carbocycles. The maximum absolute atomic E-state index is 12.9. The summed E-state index contributed by atoms with van der Waals surface area (Å²) in [5, 5.41) is 0. The van der Waals surface area contributed by atoms with Gasteiger partial charge >= 0.3 is 6.36 Å². The summed E-state index contributed by atoms with van der Waals surface area (Å²) >= 11 is 0. The first-order valence-electron chi connectivity index (χ1n) is 9.72. The van der Waals surface area contributed by atoms with Crippen LogP contribution in [0.5, 0.6) is 11.5 Å². The topological polar surface area (TPSA) is 72.9 Å². The van der Waals surface area contributed by atoms with E-state index in [2.05, 4.69) is 4.74 Å². The van der Waals surface area contributed by atoms with Gasteiger partial charge in [-0.05, 0) is 24.3 Å². The third-order valence-electron chi connectivity index (χ3n) is 4.90. The average Bonchev–Trinajstić information content (AvgIpc) is 2.73. The van der Waals surface area contributed by atoms with Crippen molar-refractivity contribution in [3.63, 3.8) is 0 Å². The Balaban J connectivity index is 1.63. The number of rotatable bonds is 6. The molecule has 0 atom stereocenters. The number of alkyl halides is 3. The fourth-order valence-corrected chi connectivity index (χ4v) is 4.44. The molecular formula is C21H22F3NO5S. The summed E-state index contributed by atoms with van der Waals surface area (Å²) < 4.78 is 71.4. The van der Waals surface area contributed by atoms with Gasteiger partial charge in [0.25, 0.3) is 5.91 Å². The van der Waals surface area contributed by atoms with E-state index in [1.54, 1.807) is 17.0 Å². The first-order chi connectivity index (χ1) is 14.6. The molecule has 0 saturated carbocycles. The van der Waals surface area contributed by atoms with Crippen LogP contribution >= 0.6 is 0 Å². The molecule has 3 rings (SSSR count). The highest BCUT2D eigenvalue weighted by molar-refractivity contribution is 7.91. The van der Waals surface area contributed by atoms with Crippen molar-refractivity contribution >= 4 is 15.7 Å². The zero-order chi connectivity index (χ0) is 22.6. The molecule has 0 spiro atoms. The summed E-state index contributed by atoms with van der Waals surface area (Å²) in [5.41, 5.74) is 0.140. The number of carbonyl (C=O) groups is 1. The predicted molar refractivity (Wildman–Crippen MR) is 107 cm³/mol. The smallest absolute Gasteiger partial charge is 0.490 e. The molecule has 0 unspecified atom stereocenters. The van der Waals surface area contributed by atoms with Gasteiger partial charge in [-0.1, -0.05) is 25.1 Å². The van der Waals surface area contributed by atoms with E-state index in [1.807, 2.05) is 0 Å². The fraction of sp³-hybridized carbons (Fsp3) is 0.381. The highest BCUT2D eigenvalue weighted by atomic mass is 32.2. The van der Waals surface area contributed by atoms with Crippen LogP contribution < -0.4 is 9.47 Å². The number of amides is 1. The van der Waals surface area contributed by atoms with Crippen molar-refractivity contribution in [2.45, 2.75) is 37.1 Å². The minimum absolute atomic E-state index is 0.0161. The average molecular weight is 457 g/mol. The number of nitrogens with zero attached hydrogens (tertiary/aromatic N) is 1. The van der Waals surface area contributed by atoms with E-state index in [1.165, 1.54) is 37.3 Å². The van der Waals surface area contributed by atoms with E-state index in [4.69, 9.17) is 4.74 Å². The Morgan fingerprint density at radius 3 is 2.35 bits per heavy atom. The second-order valence-electron chi connectivity index (χ2n) is 7.03. The van der Waals surface area contributed by atoms with Gasteiger partial charge in [-0.25, -0.2) is 8.42 Å². The molecule has 0 N–H and O–H groups in total. The van der Waals surface area contributed by atoms with Gasteiger partial charge in [0.2, 0.25) is 0 Å². The zero-order valence-electron chi connectivity index (χ0n) is 16.8. The number of sulfone groups is 1. The minimum Gasteiger partial charge on any atom is -0.490 e. The lowest BCUT2D eigenvalue weighted by Crippen LogP contribution is -2.42. The number of likely N-dealkylation sites (tertiary alicyclic amines) is 1. The van der Waals surface area contributed by atoms with E-state index in [0.29, 0.717) is 25.9 Å². The molecule has 31 heavy (non-hydrogen) atoms. The normalized spacial score (nSPS) is 15.5. The SMILES string of the molecule is CCS(=O)(=O)c1ccccc1C(=O)N1CCC(Oc2cccc(OC(F)(F)F)c2)CC1. The summed E-state index contributed by atoms with van der Waals surface area (Å²) in [4.78, 5) is 14.5. The summed E-state index contributed by atoms with van der Waals surface area (Å²) in [6.45, 7) is 2.19. The summed E-state index contributed by atoms with van der Waals surface area (Å²) in [7, 11) is -3.55. The Bertz CT molecular complexity index is 1030. The first kappa shape index (κ1) is 22.9. The molecule has 10 heteroatoms. The van der Waals surface area contributed by atoms with Crippen LogP contribution in [-0.4, -0.2) is 50.5 Å². The lowest BCUT2D eigenvalue weighted by molar-refractivity contribution is -0.274. The highest BCUT2D eigenvalue weighted by Gasteiger charge is 2.31. The molecule has 168 valence electrons. The van der Waals surface area contributed by atoms with Gasteiger partial charge in [0.15, 0.2) is 9.84 Å². The number of piperidine rings is 1. The molecule has 0 aliphatic carbocycles. The van der Waals surface area contributed by atoms with E-state index in [-0.39, 0.29) is 39.7 Å². The van der Waals surface area contributed by atoms with Gasteiger partial charge in [0.1, 0.15) is 17.6 Å². The fourth-order valence-electron chi connectivity index (χ4n) is 3.35. The molecule has 1 amide bonds. The number of benzene rings is 2. The largest absolute Gasteiger partial charge is 0.573 e. The first-order valence-corrected chi connectivity index (χ1v) is 11.4. The van der Waals surface area contributed by atoms with Crippen molar-refractivity contribution < 1.29 is 35.9 Å². The van der Waals surface area contributed by atoms with Crippen LogP contribution in [0, 0.1) is 0 Å². The van der Waals surface area contributed by atoms with Crippen molar-refractivity contribution in [1.29, 1.82) is 0 Å². The van der Waals surface area contributed by atoms with Crippen molar-refractivity contribution in [1.82, 2.24) is 4.90 Å². The van der Waals surface area contributed by atoms with E-state index in [9.17, 15) is 26.4 Å². The molecular weight excluding hydrogens is 435 g/mol. The summed E-state index contributed by atoms with van der Waals surface area (Å²) in [6.07, 6.45) is -4.16. The Morgan fingerprint density at radius 1 is 1.06 bits per heavy atom. The number of hydrogen-bond acceptors (Lipinski definition) is 5. The van der Waals surface area contributed by atoms with Crippen LogP contribution in [0.1, 0.15) is 30.1 Å². The molecule has 0 bridgehead atoms. The third-order valence-corrected chi connectivity index (χ3v) is 6.69. The summed E-state index contributed by atoms with van der Waals surface area (Å²) in [6, 6.07) is 11.4. The molecule has 0 radical (unpaired) electrons. The minimum atomic E-state index is -4.79. The molecule has 1 aliphatic rings. The number of carbonyl (C=O) groups excluding carboxylic acids is 1. The van der Waals surface area contributed by atoms with Crippen molar-refractivity contribution in [2.75, 3.05) is 18.8 Å². The van der Waals surface area contributed by atoms with Crippen molar-refractivity contribution in [3.05, 3.63) is 54.1 Å². The molecule has 6 nitrogen and oxygen atoms in total. The van der Waals surface area contributed by atoms with Crippen LogP contribution in [0.15, 0.2) is 53.4 Å². The van der Waals surface area contributed by atoms with Gasteiger partial charge in [-0.3, -0.25) is 4.79 Å². The standard InChI is InChI=1S/C21H22F3NO5S/c1-2-31(27,28)19-9-4-3-8-18(19)20(26)25-12-10-15(11-13-25)29-16-6-5-7-17(14-16)30-21(22,23)24/h3-9,14-15H,2,10-13H2,1H3. The van der Waals surface area contributed by atoms with E-state index in [0.717, 1.165) is 6.07 Å². The zero-order valence-corrected chi connectivity index (χ0v) is 17.6. The molecule has 1 heterocycles. The maximum Gasteiger partial charge on any atom is 0.573 e. The summed E-state index contributed by atoms with van der Waals surface area (Å²) in [5.74, 6) is -0.603. The number of halogens is 3. The maximum atomic E-state index is 12.9. The Hall–Kier alpha value is -2.75. The van der Waals surface area contributed by atoms with Gasteiger partial charge in [-0.2, -0.15) is 0 Å². The molecule has 1 saturated heterocycles. The second-order valence-corrected chi connectivity index (χ2v) is 9.28. The van der Waals surface area contributed by atoms with E-state index >= 15 is 0 Å². The van der Waals surface area contributed by atoms with E-state index < -0.39 is 16.2 Å². The quantitative estimate of drug-likeness (QED) is 0.654. The van der Waals surface area contributed by atoms with Crippen LogP contribution in [0.3, 0.4) is 0 Å². The second kappa shape index (κ2) is 9.17. The molecule has 2 aromatic rings. The van der Waals surface area contributed by atoms with Gasteiger partial charge in [0, 0.05) is 32.0 Å². The Morgan fingerprint density at radius 2 is 1.71 bits per heavy atom. The predicted octanol–water partition coefficient (Wildman–Crippen LogP) is 4.06. The van der Waals surface area contributed by atoms with Gasteiger partial charge in [-0.15, -0.1) is 13.2 Å². The lowest BCUT2D eigenvalue weighted by atomic mass is 10.1. The van der Waals surface area contributed by atoms with Gasteiger partial charge in [0.05, 0.1) is 16.2 Å².